The summed E-state index contributed by atoms with van der Waals surface area (Å²) in [6, 6.07) is 2.54. The maximum atomic E-state index is 11.3. The number of benzene rings is 1. The van der Waals surface area contributed by atoms with Gasteiger partial charge in [-0.05, 0) is 24.6 Å². The zero-order valence-electron chi connectivity index (χ0n) is 11.6. The van der Waals surface area contributed by atoms with Gasteiger partial charge in [0.15, 0.2) is 0 Å². The number of rotatable bonds is 8. The molecule has 0 heterocycles. The molecule has 1 amide bonds. The summed E-state index contributed by atoms with van der Waals surface area (Å²) in [6.45, 7) is 0. The SMILES string of the molecule is COc1ccc(N[C@@H](CCC(N)=O)C(=O)O)cc1S(=O)(=O)O. The van der Waals surface area contributed by atoms with Gasteiger partial charge < -0.3 is 20.9 Å². The number of methoxy groups -OCH3 is 1. The Morgan fingerprint density at radius 2 is 2.05 bits per heavy atom. The highest BCUT2D eigenvalue weighted by Gasteiger charge is 2.21. The van der Waals surface area contributed by atoms with Crippen LogP contribution in [-0.2, 0) is 19.7 Å². The zero-order valence-corrected chi connectivity index (χ0v) is 12.5. The molecule has 0 saturated heterocycles. The number of nitrogens with two attached hydrogens (primary N) is 1. The predicted molar refractivity (Wildman–Crippen MR) is 76.3 cm³/mol. The molecule has 122 valence electrons. The number of aliphatic carboxylic acids is 1. The van der Waals surface area contributed by atoms with Gasteiger partial charge in [-0.15, -0.1) is 0 Å². The van der Waals surface area contributed by atoms with Crippen LogP contribution < -0.4 is 15.8 Å². The second-order valence-corrected chi connectivity index (χ2v) is 5.77. The summed E-state index contributed by atoms with van der Waals surface area (Å²) in [4.78, 5) is 21.3. The molecule has 1 aromatic rings. The lowest BCUT2D eigenvalue weighted by atomic mass is 10.1. The average molecular weight is 332 g/mol. The summed E-state index contributed by atoms with van der Waals surface area (Å²) in [5.74, 6) is -1.97. The van der Waals surface area contributed by atoms with Crippen LogP contribution in [0.15, 0.2) is 23.1 Å². The second kappa shape index (κ2) is 7.09. The van der Waals surface area contributed by atoms with Gasteiger partial charge in [0.05, 0.1) is 7.11 Å². The third kappa shape index (κ3) is 4.90. The van der Waals surface area contributed by atoms with E-state index in [4.69, 9.17) is 20.1 Å². The van der Waals surface area contributed by atoms with Gasteiger partial charge >= 0.3 is 5.97 Å². The number of nitrogens with one attached hydrogen (secondary N) is 1. The van der Waals surface area contributed by atoms with Crippen LogP contribution in [0.25, 0.3) is 0 Å². The Hall–Kier alpha value is -2.33. The van der Waals surface area contributed by atoms with Gasteiger partial charge in [0.2, 0.25) is 5.91 Å². The van der Waals surface area contributed by atoms with Crippen molar-refractivity contribution >= 4 is 27.7 Å². The largest absolute Gasteiger partial charge is 0.495 e. The van der Waals surface area contributed by atoms with Crippen molar-refractivity contribution in [2.24, 2.45) is 5.73 Å². The maximum absolute atomic E-state index is 11.3. The molecular weight excluding hydrogens is 316 g/mol. The van der Waals surface area contributed by atoms with E-state index in [1.54, 1.807) is 0 Å². The highest BCUT2D eigenvalue weighted by atomic mass is 32.2. The van der Waals surface area contributed by atoms with Gasteiger partial charge in [-0.3, -0.25) is 9.35 Å². The third-order valence-corrected chi connectivity index (χ3v) is 3.63. The van der Waals surface area contributed by atoms with Crippen molar-refractivity contribution in [3.63, 3.8) is 0 Å². The van der Waals surface area contributed by atoms with Crippen molar-refractivity contribution in [1.29, 1.82) is 0 Å². The van der Waals surface area contributed by atoms with E-state index in [9.17, 15) is 18.0 Å². The van der Waals surface area contributed by atoms with Crippen molar-refractivity contribution in [3.8, 4) is 5.75 Å². The Kier molecular flexibility index (Phi) is 5.71. The first-order chi connectivity index (χ1) is 10.1. The van der Waals surface area contributed by atoms with E-state index in [0.29, 0.717) is 0 Å². The zero-order chi connectivity index (χ0) is 16.9. The summed E-state index contributed by atoms with van der Waals surface area (Å²) in [6.07, 6.45) is -0.219. The molecule has 0 fully saturated rings. The summed E-state index contributed by atoms with van der Waals surface area (Å²) in [7, 11) is -3.31. The molecule has 10 heteroatoms. The third-order valence-electron chi connectivity index (χ3n) is 2.76. The molecule has 0 saturated carbocycles. The van der Waals surface area contributed by atoms with Crippen molar-refractivity contribution in [2.45, 2.75) is 23.8 Å². The number of amides is 1. The molecule has 0 spiro atoms. The minimum atomic E-state index is -4.54. The molecule has 0 radical (unpaired) electrons. The van der Waals surface area contributed by atoms with Gasteiger partial charge in [-0.2, -0.15) is 8.42 Å². The molecule has 0 aromatic heterocycles. The number of hydrogen-bond donors (Lipinski definition) is 4. The second-order valence-electron chi connectivity index (χ2n) is 4.38. The highest BCUT2D eigenvalue weighted by Crippen LogP contribution is 2.27. The van der Waals surface area contributed by atoms with E-state index in [1.165, 1.54) is 19.2 Å². The van der Waals surface area contributed by atoms with E-state index < -0.39 is 32.9 Å². The van der Waals surface area contributed by atoms with Crippen molar-refractivity contribution in [2.75, 3.05) is 12.4 Å². The average Bonchev–Trinajstić information content (AvgIpc) is 2.41. The minimum absolute atomic E-state index is 0.0715. The number of carboxylic acid groups (broad SMARTS) is 1. The molecule has 9 nitrogen and oxygen atoms in total. The van der Waals surface area contributed by atoms with Crippen LogP contribution in [0, 0.1) is 0 Å². The Balaban J connectivity index is 3.05. The number of carbonyl (C=O) groups excluding carboxylic acids is 1. The molecule has 0 aliphatic carbocycles. The molecule has 0 unspecified atom stereocenters. The van der Waals surface area contributed by atoms with Crippen LogP contribution in [0.4, 0.5) is 5.69 Å². The van der Waals surface area contributed by atoms with Crippen molar-refractivity contribution < 1.29 is 32.4 Å². The summed E-state index contributed by atoms with van der Waals surface area (Å²) < 4.78 is 36.5. The molecule has 1 rings (SSSR count). The van der Waals surface area contributed by atoms with E-state index >= 15 is 0 Å². The van der Waals surface area contributed by atoms with Gasteiger partial charge in [0.1, 0.15) is 16.7 Å². The molecule has 22 heavy (non-hydrogen) atoms. The first kappa shape index (κ1) is 17.7. The fraction of sp³-hybridized carbons (Fsp3) is 0.333. The van der Waals surface area contributed by atoms with Crippen LogP contribution in [0.3, 0.4) is 0 Å². The number of carbonyl (C=O) groups is 2. The van der Waals surface area contributed by atoms with Crippen LogP contribution in [-0.4, -0.2) is 43.1 Å². The molecule has 5 N–H and O–H groups in total. The highest BCUT2D eigenvalue weighted by molar-refractivity contribution is 7.86. The number of ether oxygens (including phenoxy) is 1. The fourth-order valence-electron chi connectivity index (χ4n) is 1.71. The number of primary amides is 1. The van der Waals surface area contributed by atoms with E-state index in [-0.39, 0.29) is 24.3 Å². The molecular formula is C12H16N2O7S. The number of carboxylic acids is 1. The molecule has 0 aliphatic heterocycles. The maximum Gasteiger partial charge on any atom is 0.326 e. The smallest absolute Gasteiger partial charge is 0.326 e. The fourth-order valence-corrected chi connectivity index (χ4v) is 2.39. The Morgan fingerprint density at radius 3 is 2.50 bits per heavy atom. The molecule has 0 aliphatic rings. The Bertz CT molecular complexity index is 672. The van der Waals surface area contributed by atoms with Gasteiger partial charge in [0, 0.05) is 12.1 Å². The molecule has 0 bridgehead atoms. The predicted octanol–water partition coefficient (Wildman–Crippen LogP) is 0.0725. The number of hydrogen-bond acceptors (Lipinski definition) is 6. The lowest BCUT2D eigenvalue weighted by Crippen LogP contribution is -2.30. The van der Waals surface area contributed by atoms with Gasteiger partial charge in [0.25, 0.3) is 10.1 Å². The monoisotopic (exact) mass is 332 g/mol. The van der Waals surface area contributed by atoms with Crippen LogP contribution >= 0.6 is 0 Å². The lowest BCUT2D eigenvalue weighted by Gasteiger charge is -2.16. The van der Waals surface area contributed by atoms with Crippen molar-refractivity contribution in [1.82, 2.24) is 0 Å². The van der Waals surface area contributed by atoms with E-state index in [0.717, 1.165) is 6.07 Å². The Morgan fingerprint density at radius 1 is 1.41 bits per heavy atom. The van der Waals surface area contributed by atoms with E-state index in [1.807, 2.05) is 0 Å². The Labute approximate surface area is 126 Å². The molecule has 1 atom stereocenters. The summed E-state index contributed by atoms with van der Waals surface area (Å²) in [5.41, 5.74) is 5.09. The topological polar surface area (TPSA) is 156 Å². The standard InChI is InChI=1S/C12H16N2O7S/c1-21-9-4-2-7(6-10(9)22(18,19)20)14-8(12(16)17)3-5-11(13)15/h2,4,6,8,14H,3,5H2,1H3,(H2,13,15)(H,16,17)(H,18,19,20)/t8-/m0/s1. The first-order valence-electron chi connectivity index (χ1n) is 6.08. The van der Waals surface area contributed by atoms with Gasteiger partial charge in [-0.1, -0.05) is 0 Å². The normalized spacial score (nSPS) is 12.5. The lowest BCUT2D eigenvalue weighted by molar-refractivity contribution is -0.138. The summed E-state index contributed by atoms with van der Waals surface area (Å²) in [5, 5.41) is 11.6. The first-order valence-corrected chi connectivity index (χ1v) is 7.52. The van der Waals surface area contributed by atoms with Crippen molar-refractivity contribution in [3.05, 3.63) is 18.2 Å². The summed E-state index contributed by atoms with van der Waals surface area (Å²) >= 11 is 0. The van der Waals surface area contributed by atoms with Gasteiger partial charge in [-0.25, -0.2) is 4.79 Å². The molecule has 1 aromatic carbocycles. The number of anilines is 1. The van der Waals surface area contributed by atoms with E-state index in [2.05, 4.69) is 5.32 Å². The van der Waals surface area contributed by atoms with Crippen LogP contribution in [0.2, 0.25) is 0 Å². The quantitative estimate of drug-likeness (QED) is 0.487. The van der Waals surface area contributed by atoms with Crippen LogP contribution in [0.1, 0.15) is 12.8 Å². The minimum Gasteiger partial charge on any atom is -0.495 e. The van der Waals surface area contributed by atoms with Crippen LogP contribution in [0.5, 0.6) is 5.75 Å².